The number of sulfonamides is 1. The van der Waals surface area contributed by atoms with Gasteiger partial charge in [0.25, 0.3) is 0 Å². The zero-order valence-electron chi connectivity index (χ0n) is 15.4. The van der Waals surface area contributed by atoms with E-state index in [-0.39, 0.29) is 10.8 Å². The minimum Gasteiger partial charge on any atom is -0.497 e. The van der Waals surface area contributed by atoms with Crippen LogP contribution < -0.4 is 4.74 Å². The smallest absolute Gasteiger partial charge is 0.243 e. The van der Waals surface area contributed by atoms with E-state index >= 15 is 0 Å². The second-order valence-electron chi connectivity index (χ2n) is 6.69. The van der Waals surface area contributed by atoms with Gasteiger partial charge in [-0.3, -0.25) is 0 Å². The standard InChI is InChI=1S/C18H21N5O3S2/c1-26-15-6-8-16(9-7-15)28(24,25)22-10-2-4-14(12-22)13-23-20-18(19-21-23)17-5-3-11-27-17/h3,5-9,11,14H,2,4,10,12-13H2,1H3/t14-/m0/s1. The lowest BCUT2D eigenvalue weighted by atomic mass is 10.00. The number of aromatic nitrogens is 4. The zero-order valence-corrected chi connectivity index (χ0v) is 17.1. The van der Waals surface area contributed by atoms with Crippen molar-refractivity contribution in [1.29, 1.82) is 0 Å². The fourth-order valence-corrected chi connectivity index (χ4v) is 5.55. The summed E-state index contributed by atoms with van der Waals surface area (Å²) in [4.78, 5) is 2.83. The van der Waals surface area contributed by atoms with E-state index in [1.54, 1.807) is 51.8 Å². The average Bonchev–Trinajstić information content (AvgIpc) is 3.40. The summed E-state index contributed by atoms with van der Waals surface area (Å²) in [6.45, 7) is 1.52. The quantitative estimate of drug-likeness (QED) is 0.610. The Kier molecular flexibility index (Phi) is 5.42. The van der Waals surface area contributed by atoms with Crippen LogP contribution in [0.25, 0.3) is 10.7 Å². The topological polar surface area (TPSA) is 90.2 Å². The largest absolute Gasteiger partial charge is 0.497 e. The summed E-state index contributed by atoms with van der Waals surface area (Å²) in [5.41, 5.74) is 0. The highest BCUT2D eigenvalue weighted by Crippen LogP contribution is 2.26. The van der Waals surface area contributed by atoms with Crippen LogP contribution in [-0.4, -0.2) is 53.1 Å². The number of hydrogen-bond donors (Lipinski definition) is 0. The van der Waals surface area contributed by atoms with Gasteiger partial charge in [-0.15, -0.1) is 21.5 Å². The minimum atomic E-state index is -3.53. The lowest BCUT2D eigenvalue weighted by Gasteiger charge is -2.31. The van der Waals surface area contributed by atoms with E-state index in [2.05, 4.69) is 15.4 Å². The van der Waals surface area contributed by atoms with Crippen LogP contribution in [0.1, 0.15) is 12.8 Å². The minimum absolute atomic E-state index is 0.146. The highest BCUT2D eigenvalue weighted by atomic mass is 32.2. The summed E-state index contributed by atoms with van der Waals surface area (Å²) in [5, 5.41) is 14.6. The van der Waals surface area contributed by atoms with Crippen molar-refractivity contribution in [2.75, 3.05) is 20.2 Å². The summed E-state index contributed by atoms with van der Waals surface area (Å²) >= 11 is 1.56. The fourth-order valence-electron chi connectivity index (χ4n) is 3.35. The van der Waals surface area contributed by atoms with Crippen LogP contribution >= 0.6 is 11.3 Å². The highest BCUT2D eigenvalue weighted by Gasteiger charge is 2.30. The van der Waals surface area contributed by atoms with Crippen LogP contribution in [0.3, 0.4) is 0 Å². The van der Waals surface area contributed by atoms with Crippen LogP contribution in [0.4, 0.5) is 0 Å². The Labute approximate surface area is 167 Å². The molecule has 0 saturated carbocycles. The van der Waals surface area contributed by atoms with Crippen LogP contribution in [0.2, 0.25) is 0 Å². The molecule has 0 bridgehead atoms. The molecule has 3 heterocycles. The molecule has 0 N–H and O–H groups in total. The molecule has 2 aromatic heterocycles. The number of piperidine rings is 1. The molecule has 0 amide bonds. The first-order valence-electron chi connectivity index (χ1n) is 9.02. The van der Waals surface area contributed by atoms with Crippen molar-refractivity contribution in [2.24, 2.45) is 5.92 Å². The number of nitrogens with zero attached hydrogens (tertiary/aromatic N) is 5. The highest BCUT2D eigenvalue weighted by molar-refractivity contribution is 7.89. The Morgan fingerprint density at radius 1 is 1.25 bits per heavy atom. The normalized spacial score (nSPS) is 18.2. The molecule has 1 atom stereocenters. The van der Waals surface area contributed by atoms with Crippen molar-refractivity contribution < 1.29 is 13.2 Å². The van der Waals surface area contributed by atoms with Gasteiger partial charge in [-0.2, -0.15) is 9.10 Å². The van der Waals surface area contributed by atoms with Gasteiger partial charge in [0.05, 0.1) is 23.4 Å². The van der Waals surface area contributed by atoms with E-state index in [0.29, 0.717) is 31.2 Å². The molecule has 1 saturated heterocycles. The molecular formula is C18H21N5O3S2. The van der Waals surface area contributed by atoms with E-state index in [0.717, 1.165) is 17.7 Å². The molecule has 0 spiro atoms. The molecule has 8 nitrogen and oxygen atoms in total. The molecule has 1 aliphatic heterocycles. The summed E-state index contributed by atoms with van der Waals surface area (Å²) in [7, 11) is -1.97. The van der Waals surface area contributed by atoms with E-state index in [9.17, 15) is 8.42 Å². The zero-order chi connectivity index (χ0) is 19.6. The van der Waals surface area contributed by atoms with Crippen molar-refractivity contribution in [2.45, 2.75) is 24.3 Å². The molecule has 4 rings (SSSR count). The average molecular weight is 420 g/mol. The van der Waals surface area contributed by atoms with Crippen LogP contribution in [-0.2, 0) is 16.6 Å². The third-order valence-electron chi connectivity index (χ3n) is 4.79. The number of hydrogen-bond acceptors (Lipinski definition) is 7. The van der Waals surface area contributed by atoms with Gasteiger partial charge in [-0.05, 0) is 59.7 Å². The fraction of sp³-hybridized carbons (Fsp3) is 0.389. The van der Waals surface area contributed by atoms with Crippen molar-refractivity contribution in [3.63, 3.8) is 0 Å². The summed E-state index contributed by atoms with van der Waals surface area (Å²) in [5.74, 6) is 1.38. The first-order chi connectivity index (χ1) is 13.6. The van der Waals surface area contributed by atoms with Gasteiger partial charge in [-0.25, -0.2) is 8.42 Å². The summed E-state index contributed by atoms with van der Waals surface area (Å²) in [6.07, 6.45) is 1.75. The van der Waals surface area contributed by atoms with Gasteiger partial charge in [0.15, 0.2) is 0 Å². The second kappa shape index (κ2) is 7.98. The molecule has 148 valence electrons. The van der Waals surface area contributed by atoms with Gasteiger partial charge in [-0.1, -0.05) is 6.07 Å². The maximum atomic E-state index is 13.0. The third-order valence-corrected chi connectivity index (χ3v) is 7.54. The number of rotatable bonds is 6. The molecule has 28 heavy (non-hydrogen) atoms. The number of methoxy groups -OCH3 is 1. The van der Waals surface area contributed by atoms with E-state index < -0.39 is 10.0 Å². The van der Waals surface area contributed by atoms with Crippen molar-refractivity contribution in [3.05, 3.63) is 41.8 Å². The third kappa shape index (κ3) is 3.94. The molecule has 3 aromatic rings. The summed E-state index contributed by atoms with van der Waals surface area (Å²) in [6, 6.07) is 10.4. The molecule has 1 aliphatic rings. The Bertz CT molecular complexity index is 1020. The lowest BCUT2D eigenvalue weighted by molar-refractivity contribution is 0.231. The van der Waals surface area contributed by atoms with Crippen molar-refractivity contribution in [3.8, 4) is 16.5 Å². The van der Waals surface area contributed by atoms with Crippen LogP contribution in [0.15, 0.2) is 46.7 Å². The van der Waals surface area contributed by atoms with Gasteiger partial charge in [0.1, 0.15) is 5.75 Å². The monoisotopic (exact) mass is 419 g/mol. The number of ether oxygens (including phenoxy) is 1. The first-order valence-corrected chi connectivity index (χ1v) is 11.3. The Morgan fingerprint density at radius 2 is 2.07 bits per heavy atom. The van der Waals surface area contributed by atoms with Crippen molar-refractivity contribution >= 4 is 21.4 Å². The number of tetrazole rings is 1. The van der Waals surface area contributed by atoms with E-state index in [4.69, 9.17) is 4.74 Å². The molecule has 0 aliphatic carbocycles. The van der Waals surface area contributed by atoms with Gasteiger partial charge < -0.3 is 4.74 Å². The lowest BCUT2D eigenvalue weighted by Crippen LogP contribution is -2.41. The number of thiophene rings is 1. The molecule has 10 heteroatoms. The van der Waals surface area contributed by atoms with E-state index in [1.165, 1.54) is 0 Å². The van der Waals surface area contributed by atoms with Crippen LogP contribution in [0, 0.1) is 5.92 Å². The Morgan fingerprint density at radius 3 is 2.79 bits per heavy atom. The second-order valence-corrected chi connectivity index (χ2v) is 9.58. The Balaban J connectivity index is 1.45. The van der Waals surface area contributed by atoms with E-state index in [1.807, 2.05) is 17.5 Å². The first kappa shape index (κ1) is 19.0. The SMILES string of the molecule is COc1ccc(S(=O)(=O)N2CCC[C@H](Cn3nnc(-c4cccs4)n3)C2)cc1. The van der Waals surface area contributed by atoms with Gasteiger partial charge >= 0.3 is 0 Å². The Hall–Kier alpha value is -2.30. The predicted molar refractivity (Wildman–Crippen MR) is 106 cm³/mol. The summed E-state index contributed by atoms with van der Waals surface area (Å²) < 4.78 is 32.6. The molecule has 1 fully saturated rings. The van der Waals surface area contributed by atoms with Crippen LogP contribution in [0.5, 0.6) is 5.75 Å². The molecule has 1 aromatic carbocycles. The van der Waals surface area contributed by atoms with Gasteiger partial charge in [0, 0.05) is 13.1 Å². The number of benzene rings is 1. The molecular weight excluding hydrogens is 398 g/mol. The van der Waals surface area contributed by atoms with Crippen molar-refractivity contribution in [1.82, 2.24) is 24.5 Å². The predicted octanol–water partition coefficient (Wildman–Crippen LogP) is 2.51. The van der Waals surface area contributed by atoms with Gasteiger partial charge in [0.2, 0.25) is 15.8 Å². The molecule has 0 radical (unpaired) electrons. The maximum Gasteiger partial charge on any atom is 0.243 e. The molecule has 0 unspecified atom stereocenters. The maximum absolute atomic E-state index is 13.0.